The molecule has 2 aromatic carbocycles. The minimum Gasteiger partial charge on any atom is -0.345 e. The van der Waals surface area contributed by atoms with E-state index in [0.29, 0.717) is 0 Å². The molecule has 0 aliphatic heterocycles. The van der Waals surface area contributed by atoms with Crippen molar-refractivity contribution in [3.8, 4) is 6.07 Å². The minimum atomic E-state index is -0.353. The average molecular weight is 318 g/mol. The summed E-state index contributed by atoms with van der Waals surface area (Å²) in [7, 11) is 0. The van der Waals surface area contributed by atoms with Gasteiger partial charge in [-0.3, -0.25) is 4.79 Å². The van der Waals surface area contributed by atoms with Gasteiger partial charge in [-0.1, -0.05) is 48.0 Å². The highest BCUT2D eigenvalue weighted by Gasteiger charge is 2.14. The molecule has 0 fully saturated rings. The minimum absolute atomic E-state index is 0.118. The van der Waals surface area contributed by atoms with Crippen molar-refractivity contribution in [2.75, 3.05) is 0 Å². The van der Waals surface area contributed by atoms with E-state index in [9.17, 15) is 10.1 Å². The Morgan fingerprint density at radius 2 is 1.71 bits per heavy atom. The number of hydrogen-bond acceptors (Lipinski definition) is 2. The fourth-order valence-electron chi connectivity index (χ4n) is 2.81. The van der Waals surface area contributed by atoms with Crippen LogP contribution in [0.1, 0.15) is 40.8 Å². The highest BCUT2D eigenvalue weighted by molar-refractivity contribution is 6.02. The molecule has 0 heterocycles. The molecule has 0 aliphatic rings. The Morgan fingerprint density at radius 1 is 1.12 bits per heavy atom. The molecule has 0 bridgehead atoms. The second kappa shape index (κ2) is 7.61. The Morgan fingerprint density at radius 3 is 2.25 bits per heavy atom. The third-order valence-electron chi connectivity index (χ3n) is 4.04. The molecule has 3 nitrogen and oxygen atoms in total. The first-order valence-corrected chi connectivity index (χ1v) is 7.98. The van der Waals surface area contributed by atoms with E-state index in [4.69, 9.17) is 0 Å². The van der Waals surface area contributed by atoms with E-state index in [0.717, 1.165) is 22.3 Å². The van der Waals surface area contributed by atoms with Gasteiger partial charge in [0.1, 0.15) is 11.6 Å². The zero-order valence-corrected chi connectivity index (χ0v) is 14.6. The lowest BCUT2D eigenvalue weighted by atomic mass is 9.97. The first kappa shape index (κ1) is 17.5. The summed E-state index contributed by atoms with van der Waals surface area (Å²) >= 11 is 0. The van der Waals surface area contributed by atoms with Gasteiger partial charge >= 0.3 is 0 Å². The molecule has 0 aromatic heterocycles. The molecule has 2 aromatic rings. The first-order chi connectivity index (χ1) is 11.4. The van der Waals surface area contributed by atoms with Crippen LogP contribution < -0.4 is 5.32 Å². The molecule has 0 radical (unpaired) electrons. The van der Waals surface area contributed by atoms with Crippen LogP contribution in [0.15, 0.2) is 48.0 Å². The van der Waals surface area contributed by atoms with Crippen LogP contribution in [0, 0.1) is 32.1 Å². The van der Waals surface area contributed by atoms with Gasteiger partial charge in [0.15, 0.2) is 0 Å². The molecule has 2 rings (SSSR count). The number of nitrogens with one attached hydrogen (secondary N) is 1. The molecule has 0 saturated heterocycles. The number of amides is 1. The van der Waals surface area contributed by atoms with Crippen LogP contribution in [0.5, 0.6) is 0 Å². The summed E-state index contributed by atoms with van der Waals surface area (Å²) < 4.78 is 0. The van der Waals surface area contributed by atoms with E-state index in [-0.39, 0.29) is 17.5 Å². The van der Waals surface area contributed by atoms with Gasteiger partial charge in [0.25, 0.3) is 5.91 Å². The summed E-state index contributed by atoms with van der Waals surface area (Å²) in [6.07, 6.45) is 1.68. The zero-order chi connectivity index (χ0) is 17.7. The number of carbonyl (C=O) groups is 1. The van der Waals surface area contributed by atoms with Gasteiger partial charge in [-0.05, 0) is 56.0 Å². The smallest absolute Gasteiger partial charge is 0.262 e. The summed E-state index contributed by atoms with van der Waals surface area (Å²) in [5, 5.41) is 12.3. The van der Waals surface area contributed by atoms with Gasteiger partial charge < -0.3 is 5.32 Å². The second-order valence-corrected chi connectivity index (χ2v) is 6.09. The highest BCUT2D eigenvalue weighted by atomic mass is 16.1. The second-order valence-electron chi connectivity index (χ2n) is 6.09. The van der Waals surface area contributed by atoms with Gasteiger partial charge in [0.2, 0.25) is 0 Å². The number of hydrogen-bond donors (Lipinski definition) is 1. The largest absolute Gasteiger partial charge is 0.345 e. The number of carbonyl (C=O) groups excluding carboxylic acids is 1. The van der Waals surface area contributed by atoms with Crippen molar-refractivity contribution in [1.29, 1.82) is 5.26 Å². The normalized spacial score (nSPS) is 12.4. The summed E-state index contributed by atoms with van der Waals surface area (Å²) in [5.41, 5.74) is 5.34. The number of nitrogens with zero attached hydrogens (tertiary/aromatic N) is 1. The van der Waals surface area contributed by atoms with E-state index >= 15 is 0 Å². The quantitative estimate of drug-likeness (QED) is 0.671. The molecule has 1 atom stereocenters. The molecule has 1 amide bonds. The molecule has 0 unspecified atom stereocenters. The molecule has 0 aliphatic carbocycles. The van der Waals surface area contributed by atoms with Crippen molar-refractivity contribution in [3.63, 3.8) is 0 Å². The van der Waals surface area contributed by atoms with E-state index in [1.165, 1.54) is 5.56 Å². The lowest BCUT2D eigenvalue weighted by molar-refractivity contribution is -0.117. The van der Waals surface area contributed by atoms with Crippen LogP contribution in [-0.2, 0) is 4.79 Å². The SMILES string of the molecule is Cc1cc(C)c(/C=C(\C#N)C(=O)N[C@@H](C)c2ccccc2)c(C)c1. The third-order valence-corrected chi connectivity index (χ3v) is 4.04. The maximum absolute atomic E-state index is 12.5. The maximum Gasteiger partial charge on any atom is 0.262 e. The van der Waals surface area contributed by atoms with E-state index < -0.39 is 0 Å². The Kier molecular flexibility index (Phi) is 5.55. The van der Waals surface area contributed by atoms with Gasteiger partial charge in [-0.2, -0.15) is 5.26 Å². The van der Waals surface area contributed by atoms with Gasteiger partial charge in [-0.25, -0.2) is 0 Å². The average Bonchev–Trinajstić information content (AvgIpc) is 2.54. The summed E-state index contributed by atoms with van der Waals surface area (Å²) in [4.78, 5) is 12.5. The van der Waals surface area contributed by atoms with Crippen LogP contribution >= 0.6 is 0 Å². The molecule has 0 saturated carbocycles. The van der Waals surface area contributed by atoms with Crippen molar-refractivity contribution in [1.82, 2.24) is 5.32 Å². The van der Waals surface area contributed by atoms with Crippen LogP contribution in [0.4, 0.5) is 0 Å². The van der Waals surface area contributed by atoms with Crippen molar-refractivity contribution < 1.29 is 4.79 Å². The van der Waals surface area contributed by atoms with E-state index in [1.54, 1.807) is 6.08 Å². The van der Waals surface area contributed by atoms with Gasteiger partial charge in [-0.15, -0.1) is 0 Å². The maximum atomic E-state index is 12.5. The van der Waals surface area contributed by atoms with Crippen molar-refractivity contribution in [2.24, 2.45) is 0 Å². The molecule has 122 valence electrons. The third kappa shape index (κ3) is 4.11. The zero-order valence-electron chi connectivity index (χ0n) is 14.6. The Hall–Kier alpha value is -2.86. The Balaban J connectivity index is 2.25. The van der Waals surface area contributed by atoms with E-state index in [1.807, 2.05) is 64.1 Å². The molecule has 1 N–H and O–H groups in total. The highest BCUT2D eigenvalue weighted by Crippen LogP contribution is 2.20. The van der Waals surface area contributed by atoms with Crippen LogP contribution in [-0.4, -0.2) is 5.91 Å². The molecular formula is C21H22N2O. The summed E-state index contributed by atoms with van der Waals surface area (Å²) in [6.45, 7) is 7.92. The Labute approximate surface area is 143 Å². The Bertz CT molecular complexity index is 790. The molecule has 0 spiro atoms. The number of rotatable bonds is 4. The first-order valence-electron chi connectivity index (χ1n) is 7.98. The van der Waals surface area contributed by atoms with Crippen LogP contribution in [0.3, 0.4) is 0 Å². The molecule has 24 heavy (non-hydrogen) atoms. The van der Waals surface area contributed by atoms with Crippen molar-refractivity contribution >= 4 is 12.0 Å². The van der Waals surface area contributed by atoms with E-state index in [2.05, 4.69) is 17.4 Å². The predicted octanol–water partition coefficient (Wildman–Crippen LogP) is 4.40. The van der Waals surface area contributed by atoms with Gasteiger partial charge in [0.05, 0.1) is 6.04 Å². The fourth-order valence-corrected chi connectivity index (χ4v) is 2.81. The predicted molar refractivity (Wildman–Crippen MR) is 97.2 cm³/mol. The standard InChI is InChI=1S/C21H22N2O/c1-14-10-15(2)20(16(3)11-14)12-19(13-22)21(24)23-17(4)18-8-6-5-7-9-18/h5-12,17H,1-4H3,(H,23,24)/b19-12+/t17-/m0/s1. The lowest BCUT2D eigenvalue weighted by Crippen LogP contribution is -2.27. The number of benzene rings is 2. The number of nitriles is 1. The van der Waals surface area contributed by atoms with Crippen LogP contribution in [0.25, 0.3) is 6.08 Å². The summed E-state index contributed by atoms with van der Waals surface area (Å²) in [6, 6.07) is 15.7. The lowest BCUT2D eigenvalue weighted by Gasteiger charge is -2.14. The summed E-state index contributed by atoms with van der Waals surface area (Å²) in [5.74, 6) is -0.353. The topological polar surface area (TPSA) is 52.9 Å². The number of aryl methyl sites for hydroxylation is 3. The van der Waals surface area contributed by atoms with Crippen molar-refractivity contribution in [3.05, 3.63) is 75.9 Å². The van der Waals surface area contributed by atoms with Crippen LogP contribution in [0.2, 0.25) is 0 Å². The van der Waals surface area contributed by atoms with Crippen molar-refractivity contribution in [2.45, 2.75) is 33.7 Å². The fraction of sp³-hybridized carbons (Fsp3) is 0.238. The van der Waals surface area contributed by atoms with Gasteiger partial charge in [0, 0.05) is 0 Å². The molecular weight excluding hydrogens is 296 g/mol. The monoisotopic (exact) mass is 318 g/mol. The molecule has 3 heteroatoms.